The van der Waals surface area contributed by atoms with E-state index in [1.807, 2.05) is 18.2 Å². The summed E-state index contributed by atoms with van der Waals surface area (Å²) in [7, 11) is -3.81. The number of hydrogen-bond acceptors (Lipinski definition) is 5. The van der Waals surface area contributed by atoms with Gasteiger partial charge in [-0.1, -0.05) is 45.0 Å². The summed E-state index contributed by atoms with van der Waals surface area (Å²) in [6.07, 6.45) is 1.52. The van der Waals surface area contributed by atoms with Crippen LogP contribution in [-0.2, 0) is 15.4 Å². The van der Waals surface area contributed by atoms with Crippen molar-refractivity contribution in [3.63, 3.8) is 0 Å². The van der Waals surface area contributed by atoms with Crippen LogP contribution in [0.4, 0.5) is 5.82 Å². The van der Waals surface area contributed by atoms with Crippen LogP contribution in [0, 0.1) is 11.3 Å². The Bertz CT molecular complexity index is 1410. The number of anilines is 1. The molecule has 0 aliphatic heterocycles. The Morgan fingerprint density at radius 2 is 1.77 bits per heavy atom. The number of hydrogen-bond donors (Lipinski definition) is 1. The molecule has 4 aromatic rings. The quantitative estimate of drug-likeness (QED) is 0.517. The van der Waals surface area contributed by atoms with Gasteiger partial charge in [0.2, 0.25) is 0 Å². The van der Waals surface area contributed by atoms with Crippen LogP contribution in [0.25, 0.3) is 16.9 Å². The van der Waals surface area contributed by atoms with Crippen LogP contribution in [0.1, 0.15) is 31.9 Å². The summed E-state index contributed by atoms with van der Waals surface area (Å²) in [5, 5.41) is 13.6. The van der Waals surface area contributed by atoms with E-state index >= 15 is 0 Å². The molecular weight excluding hydrogens is 410 g/mol. The molecule has 0 saturated heterocycles. The first-order chi connectivity index (χ1) is 14.7. The summed E-state index contributed by atoms with van der Waals surface area (Å²) >= 11 is 0. The fourth-order valence-corrected chi connectivity index (χ4v) is 4.23. The smallest absolute Gasteiger partial charge is 0.263 e. The first-order valence-corrected chi connectivity index (χ1v) is 11.1. The Labute approximate surface area is 181 Å². The van der Waals surface area contributed by atoms with Crippen molar-refractivity contribution in [2.24, 2.45) is 0 Å². The minimum Gasteiger partial charge on any atom is -0.263 e. The van der Waals surface area contributed by atoms with Crippen LogP contribution in [0.15, 0.2) is 71.8 Å². The number of benzene rings is 2. The van der Waals surface area contributed by atoms with Crippen LogP contribution < -0.4 is 4.72 Å². The second kappa shape index (κ2) is 7.52. The number of sulfonamides is 1. The SMILES string of the molecule is CC(C)(C)c1ccc(S(=O)(=O)Nc2ccnc3cc(-c4cccc(C#N)c4)nn23)cc1. The molecule has 7 nitrogen and oxygen atoms in total. The van der Waals surface area contributed by atoms with E-state index in [9.17, 15) is 8.42 Å². The summed E-state index contributed by atoms with van der Waals surface area (Å²) in [6, 6.07) is 19.3. The lowest BCUT2D eigenvalue weighted by Gasteiger charge is -2.19. The van der Waals surface area contributed by atoms with Crippen molar-refractivity contribution in [3.8, 4) is 17.3 Å². The Morgan fingerprint density at radius 1 is 1.03 bits per heavy atom. The van der Waals surface area contributed by atoms with Crippen LogP contribution in [0.3, 0.4) is 0 Å². The zero-order chi connectivity index (χ0) is 22.2. The van der Waals surface area contributed by atoms with Gasteiger partial charge in [0, 0.05) is 17.8 Å². The topological polar surface area (TPSA) is 100 Å². The summed E-state index contributed by atoms with van der Waals surface area (Å²) < 4.78 is 30.0. The molecule has 2 aromatic carbocycles. The zero-order valence-corrected chi connectivity index (χ0v) is 18.2. The van der Waals surface area contributed by atoms with Gasteiger partial charge in [0.15, 0.2) is 5.65 Å². The average Bonchev–Trinajstić information content (AvgIpc) is 3.19. The Hall–Kier alpha value is -3.70. The molecule has 0 aliphatic rings. The van der Waals surface area contributed by atoms with Gasteiger partial charge in [0.05, 0.1) is 22.2 Å². The van der Waals surface area contributed by atoms with E-state index in [-0.39, 0.29) is 16.1 Å². The molecule has 0 fully saturated rings. The highest BCUT2D eigenvalue weighted by Gasteiger charge is 2.19. The normalized spacial score (nSPS) is 11.9. The zero-order valence-electron chi connectivity index (χ0n) is 17.4. The van der Waals surface area contributed by atoms with Crippen LogP contribution in [0.2, 0.25) is 0 Å². The van der Waals surface area contributed by atoms with E-state index in [0.717, 1.165) is 11.1 Å². The van der Waals surface area contributed by atoms with Crippen LogP contribution >= 0.6 is 0 Å². The molecule has 0 unspecified atom stereocenters. The van der Waals surface area contributed by atoms with Gasteiger partial charge in [0.1, 0.15) is 5.82 Å². The van der Waals surface area contributed by atoms with Gasteiger partial charge in [-0.25, -0.2) is 13.4 Å². The fraction of sp³-hybridized carbons (Fsp3) is 0.174. The molecule has 0 radical (unpaired) electrons. The lowest BCUT2D eigenvalue weighted by molar-refractivity contribution is 0.587. The fourth-order valence-electron chi connectivity index (χ4n) is 3.19. The molecule has 8 heteroatoms. The molecule has 0 amide bonds. The van der Waals surface area contributed by atoms with Gasteiger partial charge in [-0.3, -0.25) is 4.72 Å². The molecule has 0 aliphatic carbocycles. The summed E-state index contributed by atoms with van der Waals surface area (Å²) in [5.74, 6) is 0.271. The van der Waals surface area contributed by atoms with Crippen molar-refractivity contribution >= 4 is 21.5 Å². The summed E-state index contributed by atoms with van der Waals surface area (Å²) in [6.45, 7) is 6.22. The van der Waals surface area contributed by atoms with E-state index < -0.39 is 10.0 Å². The van der Waals surface area contributed by atoms with Gasteiger partial charge >= 0.3 is 0 Å². The predicted octanol–water partition coefficient (Wildman–Crippen LogP) is 4.37. The van der Waals surface area contributed by atoms with Gasteiger partial charge in [-0.2, -0.15) is 14.9 Å². The Morgan fingerprint density at radius 3 is 2.45 bits per heavy atom. The maximum absolute atomic E-state index is 13.0. The van der Waals surface area contributed by atoms with Crippen molar-refractivity contribution in [1.29, 1.82) is 5.26 Å². The monoisotopic (exact) mass is 431 g/mol. The predicted molar refractivity (Wildman–Crippen MR) is 119 cm³/mol. The first kappa shape index (κ1) is 20.6. The van der Waals surface area contributed by atoms with E-state index in [4.69, 9.17) is 5.26 Å². The molecule has 0 bridgehead atoms. The number of nitriles is 1. The van der Waals surface area contributed by atoms with Gasteiger partial charge in [0.25, 0.3) is 10.0 Å². The molecule has 1 N–H and O–H groups in total. The van der Waals surface area contributed by atoms with Gasteiger partial charge in [-0.15, -0.1) is 0 Å². The number of nitrogens with zero attached hydrogens (tertiary/aromatic N) is 4. The number of fused-ring (bicyclic) bond motifs is 1. The minimum absolute atomic E-state index is 0.0682. The maximum atomic E-state index is 13.0. The molecule has 31 heavy (non-hydrogen) atoms. The van der Waals surface area contributed by atoms with E-state index in [1.54, 1.807) is 42.5 Å². The molecular formula is C23H21N5O2S. The minimum atomic E-state index is -3.81. The van der Waals surface area contributed by atoms with E-state index in [0.29, 0.717) is 16.9 Å². The second-order valence-corrected chi connectivity index (χ2v) is 9.88. The molecule has 4 rings (SSSR count). The average molecular weight is 432 g/mol. The highest BCUT2D eigenvalue weighted by Crippen LogP contribution is 2.25. The Balaban J connectivity index is 1.70. The van der Waals surface area contributed by atoms with Crippen molar-refractivity contribution in [2.75, 3.05) is 4.72 Å². The molecule has 2 aromatic heterocycles. The van der Waals surface area contributed by atoms with Crippen molar-refractivity contribution < 1.29 is 8.42 Å². The van der Waals surface area contributed by atoms with E-state index in [2.05, 4.69) is 41.6 Å². The lowest BCUT2D eigenvalue weighted by Crippen LogP contribution is -2.16. The molecule has 0 atom stereocenters. The third kappa shape index (κ3) is 4.13. The largest absolute Gasteiger partial charge is 0.263 e. The Kier molecular flexibility index (Phi) is 4.99. The molecule has 156 valence electrons. The summed E-state index contributed by atoms with van der Waals surface area (Å²) in [4.78, 5) is 4.44. The maximum Gasteiger partial charge on any atom is 0.263 e. The molecule has 2 heterocycles. The number of rotatable bonds is 4. The van der Waals surface area contributed by atoms with Gasteiger partial charge in [-0.05, 0) is 41.3 Å². The van der Waals surface area contributed by atoms with Crippen LogP contribution in [-0.4, -0.2) is 23.0 Å². The van der Waals surface area contributed by atoms with Gasteiger partial charge < -0.3 is 0 Å². The molecule has 0 saturated carbocycles. The van der Waals surface area contributed by atoms with Crippen LogP contribution in [0.5, 0.6) is 0 Å². The van der Waals surface area contributed by atoms with Crippen molar-refractivity contribution in [2.45, 2.75) is 31.1 Å². The number of nitrogens with one attached hydrogen (secondary N) is 1. The standard InChI is InChI=1S/C23H21N5O2S/c1-23(2,3)18-7-9-19(10-8-18)31(29,30)27-21-11-12-25-22-14-20(26-28(21)22)17-6-4-5-16(13-17)15-24/h4-14,27H,1-3H3. The number of aromatic nitrogens is 3. The second-order valence-electron chi connectivity index (χ2n) is 8.20. The van der Waals surface area contributed by atoms with E-state index in [1.165, 1.54) is 10.7 Å². The highest BCUT2D eigenvalue weighted by atomic mass is 32.2. The summed E-state index contributed by atoms with van der Waals surface area (Å²) in [5.41, 5.74) is 3.32. The third-order valence-corrected chi connectivity index (χ3v) is 6.29. The third-order valence-electron chi connectivity index (χ3n) is 4.91. The molecule has 0 spiro atoms. The first-order valence-electron chi connectivity index (χ1n) is 9.66. The lowest BCUT2D eigenvalue weighted by atomic mass is 9.87. The van der Waals surface area contributed by atoms with Crippen molar-refractivity contribution in [3.05, 3.63) is 78.0 Å². The van der Waals surface area contributed by atoms with Crippen molar-refractivity contribution in [1.82, 2.24) is 14.6 Å². The highest BCUT2D eigenvalue weighted by molar-refractivity contribution is 7.92.